The van der Waals surface area contributed by atoms with Crippen molar-refractivity contribution in [2.45, 2.75) is 11.8 Å². The Morgan fingerprint density at radius 1 is 1.15 bits per heavy atom. The van der Waals surface area contributed by atoms with Gasteiger partial charge in [0.05, 0.1) is 10.6 Å². The summed E-state index contributed by atoms with van der Waals surface area (Å²) in [6.07, 6.45) is 0. The van der Waals surface area contributed by atoms with Crippen molar-refractivity contribution in [1.82, 2.24) is 5.16 Å². The Kier molecular flexibility index (Phi) is 5.16. The van der Waals surface area contributed by atoms with E-state index < -0.39 is 10.0 Å². The number of benzene rings is 2. The lowest BCUT2D eigenvalue weighted by Crippen LogP contribution is -2.13. The lowest BCUT2D eigenvalue weighted by atomic mass is 10.1. The van der Waals surface area contributed by atoms with Gasteiger partial charge in [-0.2, -0.15) is 0 Å². The summed E-state index contributed by atoms with van der Waals surface area (Å²) in [4.78, 5) is 2.89. The SMILES string of the molecule is Cc1cc(NS(=O)(=O)c2ccc(-c3ccc(N=[N+]=[N-])c(I)c3)cc2)no1. The van der Waals surface area contributed by atoms with Gasteiger partial charge in [0, 0.05) is 14.5 Å². The molecule has 0 atom stereocenters. The quantitative estimate of drug-likeness (QED) is 0.239. The van der Waals surface area contributed by atoms with Gasteiger partial charge in [0.2, 0.25) is 0 Å². The van der Waals surface area contributed by atoms with E-state index in [9.17, 15) is 8.42 Å². The molecule has 2 aromatic carbocycles. The van der Waals surface area contributed by atoms with Crippen molar-refractivity contribution in [3.8, 4) is 11.1 Å². The van der Waals surface area contributed by atoms with E-state index in [-0.39, 0.29) is 10.7 Å². The number of halogens is 1. The van der Waals surface area contributed by atoms with E-state index in [1.54, 1.807) is 25.1 Å². The van der Waals surface area contributed by atoms with Gasteiger partial charge in [-0.1, -0.05) is 34.5 Å². The summed E-state index contributed by atoms with van der Waals surface area (Å²) in [6.45, 7) is 1.67. The first-order valence-electron chi connectivity index (χ1n) is 7.30. The normalized spacial score (nSPS) is 11.0. The van der Waals surface area contributed by atoms with Gasteiger partial charge in [-0.05, 0) is 64.4 Å². The summed E-state index contributed by atoms with van der Waals surface area (Å²) < 4.78 is 32.8. The van der Waals surface area contributed by atoms with Crippen LogP contribution in [0.4, 0.5) is 11.5 Å². The standard InChI is InChI=1S/C16H12IN5O3S/c1-10-8-16(20-25-10)21-26(23,24)13-5-2-11(3-6-13)12-4-7-15(19-22-18)14(17)9-12/h2-9H,1H3,(H,20,21). The molecule has 0 bridgehead atoms. The van der Waals surface area contributed by atoms with Gasteiger partial charge in [-0.3, -0.25) is 4.72 Å². The number of hydrogen-bond acceptors (Lipinski definition) is 5. The molecule has 8 nitrogen and oxygen atoms in total. The smallest absolute Gasteiger partial charge is 0.263 e. The van der Waals surface area contributed by atoms with Crippen LogP contribution >= 0.6 is 22.6 Å². The zero-order valence-electron chi connectivity index (χ0n) is 13.4. The first-order chi connectivity index (χ1) is 12.4. The highest BCUT2D eigenvalue weighted by atomic mass is 127. The minimum atomic E-state index is -3.75. The van der Waals surface area contributed by atoms with E-state index in [1.807, 2.05) is 12.1 Å². The topological polar surface area (TPSA) is 121 Å². The number of nitrogens with zero attached hydrogens (tertiary/aromatic N) is 4. The summed E-state index contributed by atoms with van der Waals surface area (Å²) in [5, 5.41) is 7.23. The maximum Gasteiger partial charge on any atom is 0.263 e. The molecule has 0 radical (unpaired) electrons. The van der Waals surface area contributed by atoms with Crippen LogP contribution in [-0.4, -0.2) is 13.6 Å². The minimum Gasteiger partial charge on any atom is -0.360 e. The average molecular weight is 481 g/mol. The third-order valence-electron chi connectivity index (χ3n) is 3.46. The van der Waals surface area contributed by atoms with Crippen molar-refractivity contribution in [2.75, 3.05) is 4.72 Å². The molecule has 1 N–H and O–H groups in total. The third kappa shape index (κ3) is 3.98. The monoisotopic (exact) mass is 481 g/mol. The predicted octanol–water partition coefficient (Wildman–Crippen LogP) is 5.00. The Balaban J connectivity index is 1.86. The molecular formula is C16H12IN5O3S. The van der Waals surface area contributed by atoms with Gasteiger partial charge in [0.1, 0.15) is 5.76 Å². The summed E-state index contributed by atoms with van der Waals surface area (Å²) in [7, 11) is -3.75. The Morgan fingerprint density at radius 3 is 2.42 bits per heavy atom. The van der Waals surface area contributed by atoms with Crippen molar-refractivity contribution >= 4 is 44.1 Å². The van der Waals surface area contributed by atoms with Gasteiger partial charge in [-0.15, -0.1) is 0 Å². The molecule has 0 unspecified atom stereocenters. The van der Waals surface area contributed by atoms with E-state index in [0.717, 1.165) is 14.7 Å². The summed E-state index contributed by atoms with van der Waals surface area (Å²) >= 11 is 2.08. The van der Waals surface area contributed by atoms with Crippen molar-refractivity contribution in [3.63, 3.8) is 0 Å². The fraction of sp³-hybridized carbons (Fsp3) is 0.0625. The number of anilines is 1. The maximum atomic E-state index is 12.4. The molecule has 3 rings (SSSR count). The highest BCUT2D eigenvalue weighted by molar-refractivity contribution is 14.1. The second-order valence-corrected chi connectivity index (χ2v) is 8.15. The van der Waals surface area contributed by atoms with Crippen molar-refractivity contribution < 1.29 is 12.9 Å². The van der Waals surface area contributed by atoms with Crippen molar-refractivity contribution in [2.24, 2.45) is 5.11 Å². The molecule has 0 amide bonds. The van der Waals surface area contributed by atoms with E-state index >= 15 is 0 Å². The largest absolute Gasteiger partial charge is 0.360 e. The Hall–Kier alpha value is -2.56. The first kappa shape index (κ1) is 18.2. The molecule has 0 saturated heterocycles. The molecule has 3 aromatic rings. The van der Waals surface area contributed by atoms with E-state index in [4.69, 9.17) is 10.1 Å². The molecule has 0 saturated carbocycles. The zero-order chi connectivity index (χ0) is 18.7. The van der Waals surface area contributed by atoms with Crippen molar-refractivity contribution in [3.05, 3.63) is 68.3 Å². The molecule has 0 fully saturated rings. The first-order valence-corrected chi connectivity index (χ1v) is 9.86. The van der Waals surface area contributed by atoms with Crippen LogP contribution in [0.2, 0.25) is 0 Å². The number of rotatable bonds is 5. The Morgan fingerprint density at radius 2 is 1.85 bits per heavy atom. The number of nitrogens with one attached hydrogen (secondary N) is 1. The molecule has 1 aromatic heterocycles. The molecule has 0 aliphatic carbocycles. The molecule has 26 heavy (non-hydrogen) atoms. The lowest BCUT2D eigenvalue weighted by Gasteiger charge is -2.07. The van der Waals surface area contributed by atoms with Crippen LogP contribution in [0, 0.1) is 10.5 Å². The molecule has 0 aliphatic rings. The molecule has 10 heteroatoms. The van der Waals surface area contributed by atoms with Crippen LogP contribution in [0.3, 0.4) is 0 Å². The summed E-state index contributed by atoms with van der Waals surface area (Å²) in [5.41, 5.74) is 10.8. The van der Waals surface area contributed by atoms with Gasteiger partial charge in [0.15, 0.2) is 5.82 Å². The lowest BCUT2D eigenvalue weighted by molar-refractivity contribution is 0.400. The fourth-order valence-corrected chi connectivity index (χ4v) is 3.86. The van der Waals surface area contributed by atoms with Crippen LogP contribution in [0.15, 0.2) is 63.1 Å². The van der Waals surface area contributed by atoms with Gasteiger partial charge in [-0.25, -0.2) is 8.42 Å². The molecule has 132 valence electrons. The Bertz CT molecular complexity index is 1100. The maximum absolute atomic E-state index is 12.4. The average Bonchev–Trinajstić information content (AvgIpc) is 3.01. The number of sulfonamides is 1. The van der Waals surface area contributed by atoms with E-state index in [2.05, 4.69) is 42.5 Å². The zero-order valence-corrected chi connectivity index (χ0v) is 16.4. The minimum absolute atomic E-state index is 0.113. The van der Waals surface area contributed by atoms with Crippen molar-refractivity contribution in [1.29, 1.82) is 0 Å². The van der Waals surface area contributed by atoms with Crippen LogP contribution in [-0.2, 0) is 10.0 Å². The molecule has 0 aliphatic heterocycles. The number of aromatic nitrogens is 1. The second-order valence-electron chi connectivity index (χ2n) is 5.31. The predicted molar refractivity (Wildman–Crippen MR) is 105 cm³/mol. The number of aryl methyl sites for hydroxylation is 1. The van der Waals surface area contributed by atoms with Crippen LogP contribution in [0.25, 0.3) is 21.6 Å². The van der Waals surface area contributed by atoms with E-state index in [1.165, 1.54) is 18.2 Å². The third-order valence-corrected chi connectivity index (χ3v) is 5.70. The summed E-state index contributed by atoms with van der Waals surface area (Å²) in [5.74, 6) is 0.645. The molecule has 0 spiro atoms. The summed E-state index contributed by atoms with van der Waals surface area (Å²) in [6, 6.07) is 13.3. The number of azide groups is 1. The van der Waals surface area contributed by atoms with Crippen LogP contribution in [0.1, 0.15) is 5.76 Å². The fourth-order valence-electron chi connectivity index (χ4n) is 2.25. The van der Waals surface area contributed by atoms with Gasteiger partial charge < -0.3 is 4.52 Å². The second kappa shape index (κ2) is 7.36. The highest BCUT2D eigenvalue weighted by Gasteiger charge is 2.16. The molecule has 1 heterocycles. The van der Waals surface area contributed by atoms with Crippen LogP contribution < -0.4 is 4.72 Å². The van der Waals surface area contributed by atoms with Gasteiger partial charge >= 0.3 is 0 Å². The molecular weight excluding hydrogens is 469 g/mol. The highest BCUT2D eigenvalue weighted by Crippen LogP contribution is 2.29. The Labute approximate surface area is 163 Å². The number of hydrogen-bond donors (Lipinski definition) is 1. The van der Waals surface area contributed by atoms with Gasteiger partial charge in [0.25, 0.3) is 10.0 Å². The van der Waals surface area contributed by atoms with Crippen LogP contribution in [0.5, 0.6) is 0 Å². The van der Waals surface area contributed by atoms with E-state index in [0.29, 0.717) is 11.4 Å².